The van der Waals surface area contributed by atoms with Gasteiger partial charge < -0.3 is 14.8 Å². The third-order valence-electron chi connectivity index (χ3n) is 5.05. The van der Waals surface area contributed by atoms with Gasteiger partial charge in [-0.2, -0.15) is 5.10 Å². The molecule has 1 heterocycles. The van der Waals surface area contributed by atoms with Crippen LogP contribution >= 0.6 is 11.6 Å². The monoisotopic (exact) mass is 473 g/mol. The third kappa shape index (κ3) is 6.27. The lowest BCUT2D eigenvalue weighted by atomic mass is 10.1. The Hall–Kier alpha value is -4.03. The summed E-state index contributed by atoms with van der Waals surface area (Å²) in [5, 5.41) is 7.85. The summed E-state index contributed by atoms with van der Waals surface area (Å²) in [6, 6.07) is 24.6. The predicted octanol–water partition coefficient (Wildman–Crippen LogP) is 5.82. The van der Waals surface area contributed by atoms with Crippen molar-refractivity contribution in [3.8, 4) is 11.5 Å². The van der Waals surface area contributed by atoms with E-state index in [1.54, 1.807) is 30.1 Å². The second-order valence-corrected chi connectivity index (χ2v) is 7.89. The number of ether oxygens (including phenoxy) is 2. The molecule has 0 atom stereocenters. The number of nitrogens with one attached hydrogen (secondary N) is 1. The van der Waals surface area contributed by atoms with Crippen LogP contribution in [0.5, 0.6) is 11.5 Å². The lowest BCUT2D eigenvalue weighted by molar-refractivity contribution is -0.111. The number of carbonyl (C=O) groups is 1. The number of para-hydroxylation sites is 1. The third-order valence-corrected chi connectivity index (χ3v) is 5.42. The van der Waals surface area contributed by atoms with E-state index in [1.165, 1.54) is 6.08 Å². The Labute approximate surface area is 203 Å². The smallest absolute Gasteiger partial charge is 0.249 e. The zero-order valence-electron chi connectivity index (χ0n) is 18.6. The molecule has 172 valence electrons. The normalized spacial score (nSPS) is 10.9. The van der Waals surface area contributed by atoms with Crippen LogP contribution in [0.25, 0.3) is 6.08 Å². The minimum atomic E-state index is -0.277. The quantitative estimate of drug-likeness (QED) is 0.311. The van der Waals surface area contributed by atoms with Crippen LogP contribution in [0.4, 0.5) is 5.82 Å². The molecular formula is C27H24ClN3O3. The molecule has 0 aliphatic carbocycles. The van der Waals surface area contributed by atoms with Gasteiger partial charge in [-0.3, -0.25) is 9.48 Å². The average molecular weight is 474 g/mol. The van der Waals surface area contributed by atoms with E-state index in [0.29, 0.717) is 24.0 Å². The molecule has 6 nitrogen and oxygen atoms in total. The SMILES string of the molecule is COc1ccc(/C=C/C(=O)Nc2ccn(Cc3ccccc3Cl)n2)cc1COc1ccccc1. The molecule has 0 radical (unpaired) electrons. The fraction of sp³-hybridized carbons (Fsp3) is 0.111. The molecule has 1 N–H and O–H groups in total. The lowest BCUT2D eigenvalue weighted by Crippen LogP contribution is -2.09. The highest BCUT2D eigenvalue weighted by atomic mass is 35.5. The topological polar surface area (TPSA) is 65.4 Å². The van der Waals surface area contributed by atoms with E-state index in [1.807, 2.05) is 72.8 Å². The van der Waals surface area contributed by atoms with Gasteiger partial charge in [0.05, 0.1) is 13.7 Å². The number of hydrogen-bond donors (Lipinski definition) is 1. The Morgan fingerprint density at radius 3 is 2.62 bits per heavy atom. The van der Waals surface area contributed by atoms with Crippen LogP contribution in [0.1, 0.15) is 16.7 Å². The van der Waals surface area contributed by atoms with Gasteiger partial charge in [0.2, 0.25) is 5.91 Å². The summed E-state index contributed by atoms with van der Waals surface area (Å²) >= 11 is 6.21. The van der Waals surface area contributed by atoms with Crippen molar-refractivity contribution in [3.05, 3.63) is 113 Å². The molecule has 0 aliphatic rings. The van der Waals surface area contributed by atoms with Crippen LogP contribution in [0.2, 0.25) is 5.02 Å². The summed E-state index contributed by atoms with van der Waals surface area (Å²) in [6.07, 6.45) is 5.00. The molecule has 0 saturated heterocycles. The molecule has 0 aliphatic heterocycles. The number of nitrogens with zero attached hydrogens (tertiary/aromatic N) is 2. The van der Waals surface area contributed by atoms with E-state index >= 15 is 0 Å². The molecule has 4 rings (SSSR count). The van der Waals surface area contributed by atoms with Crippen molar-refractivity contribution in [1.29, 1.82) is 0 Å². The highest BCUT2D eigenvalue weighted by Gasteiger charge is 2.07. The molecule has 0 unspecified atom stereocenters. The standard InChI is InChI=1S/C27H24ClN3O3/c1-33-25-13-11-20(17-22(25)19-34-23-8-3-2-4-9-23)12-14-27(32)29-26-15-16-31(30-26)18-21-7-5-6-10-24(21)28/h2-17H,18-19H2,1H3,(H,29,30,32)/b14-12+. The highest BCUT2D eigenvalue weighted by molar-refractivity contribution is 6.31. The molecule has 0 fully saturated rings. The summed E-state index contributed by atoms with van der Waals surface area (Å²) in [4.78, 5) is 12.4. The van der Waals surface area contributed by atoms with E-state index in [2.05, 4.69) is 10.4 Å². The summed E-state index contributed by atoms with van der Waals surface area (Å²) in [7, 11) is 1.62. The van der Waals surface area contributed by atoms with Crippen molar-refractivity contribution >= 4 is 29.4 Å². The average Bonchev–Trinajstić information content (AvgIpc) is 3.30. The zero-order valence-corrected chi connectivity index (χ0v) is 19.4. The van der Waals surface area contributed by atoms with Crippen LogP contribution in [0.3, 0.4) is 0 Å². The minimum Gasteiger partial charge on any atom is -0.496 e. The van der Waals surface area contributed by atoms with Crippen LogP contribution < -0.4 is 14.8 Å². The Kier molecular flexibility index (Phi) is 7.63. The molecular weight excluding hydrogens is 450 g/mol. The van der Waals surface area contributed by atoms with E-state index < -0.39 is 0 Å². The second-order valence-electron chi connectivity index (χ2n) is 7.49. The van der Waals surface area contributed by atoms with Crippen molar-refractivity contribution in [2.24, 2.45) is 0 Å². The van der Waals surface area contributed by atoms with Gasteiger partial charge in [0, 0.05) is 28.9 Å². The molecule has 34 heavy (non-hydrogen) atoms. The molecule has 3 aromatic carbocycles. The summed E-state index contributed by atoms with van der Waals surface area (Å²) < 4.78 is 13.0. The number of carbonyl (C=O) groups excluding carboxylic acids is 1. The van der Waals surface area contributed by atoms with Gasteiger partial charge >= 0.3 is 0 Å². The maximum absolute atomic E-state index is 12.4. The lowest BCUT2D eigenvalue weighted by Gasteiger charge is -2.11. The first-order valence-electron chi connectivity index (χ1n) is 10.7. The first kappa shape index (κ1) is 23.1. The molecule has 1 amide bonds. The van der Waals surface area contributed by atoms with Crippen LogP contribution in [0, 0.1) is 0 Å². The van der Waals surface area contributed by atoms with Crippen molar-refractivity contribution in [2.75, 3.05) is 12.4 Å². The van der Waals surface area contributed by atoms with Crippen LogP contribution in [-0.2, 0) is 17.9 Å². The zero-order chi connectivity index (χ0) is 23.8. The Bertz CT molecular complexity index is 1290. The number of halogens is 1. The van der Waals surface area contributed by atoms with E-state index in [4.69, 9.17) is 21.1 Å². The van der Waals surface area contributed by atoms with Gasteiger partial charge in [-0.1, -0.05) is 54.1 Å². The fourth-order valence-corrected chi connectivity index (χ4v) is 3.55. The summed E-state index contributed by atoms with van der Waals surface area (Å²) in [5.41, 5.74) is 2.69. The number of methoxy groups -OCH3 is 1. The molecule has 0 spiro atoms. The molecule has 1 aromatic heterocycles. The van der Waals surface area contributed by atoms with Gasteiger partial charge in [-0.15, -0.1) is 0 Å². The maximum atomic E-state index is 12.4. The van der Waals surface area contributed by atoms with E-state index in [0.717, 1.165) is 28.2 Å². The first-order chi connectivity index (χ1) is 16.6. The van der Waals surface area contributed by atoms with Crippen molar-refractivity contribution in [3.63, 3.8) is 0 Å². The van der Waals surface area contributed by atoms with Crippen molar-refractivity contribution in [1.82, 2.24) is 9.78 Å². The Morgan fingerprint density at radius 2 is 1.82 bits per heavy atom. The van der Waals surface area contributed by atoms with Gasteiger partial charge in [0.15, 0.2) is 5.82 Å². The molecule has 4 aromatic rings. The minimum absolute atomic E-state index is 0.277. The fourth-order valence-electron chi connectivity index (χ4n) is 3.35. The van der Waals surface area contributed by atoms with E-state index in [-0.39, 0.29) is 5.91 Å². The maximum Gasteiger partial charge on any atom is 0.249 e. The van der Waals surface area contributed by atoms with E-state index in [9.17, 15) is 4.79 Å². The number of anilines is 1. The van der Waals surface area contributed by atoms with Gasteiger partial charge in [-0.05, 0) is 47.5 Å². The summed E-state index contributed by atoms with van der Waals surface area (Å²) in [6.45, 7) is 0.870. The number of benzene rings is 3. The number of amides is 1. The van der Waals surface area contributed by atoms with Crippen LogP contribution in [0.15, 0.2) is 91.1 Å². The molecule has 0 bridgehead atoms. The summed E-state index contributed by atoms with van der Waals surface area (Å²) in [5.74, 6) is 1.69. The van der Waals surface area contributed by atoms with Gasteiger partial charge in [0.25, 0.3) is 0 Å². The molecule has 7 heteroatoms. The first-order valence-corrected chi connectivity index (χ1v) is 11.1. The number of hydrogen-bond acceptors (Lipinski definition) is 4. The van der Waals surface area contributed by atoms with Gasteiger partial charge in [0.1, 0.15) is 18.1 Å². The highest BCUT2D eigenvalue weighted by Crippen LogP contribution is 2.23. The van der Waals surface area contributed by atoms with Crippen molar-refractivity contribution < 1.29 is 14.3 Å². The number of rotatable bonds is 9. The van der Waals surface area contributed by atoms with Gasteiger partial charge in [-0.25, -0.2) is 0 Å². The van der Waals surface area contributed by atoms with Crippen LogP contribution in [-0.4, -0.2) is 22.8 Å². The number of aromatic nitrogens is 2. The molecule has 0 saturated carbocycles. The van der Waals surface area contributed by atoms with Crippen molar-refractivity contribution in [2.45, 2.75) is 13.2 Å². The predicted molar refractivity (Wildman–Crippen MR) is 134 cm³/mol. The Morgan fingerprint density at radius 1 is 1.03 bits per heavy atom. The largest absolute Gasteiger partial charge is 0.496 e. The Balaban J connectivity index is 1.37. The second kappa shape index (κ2) is 11.2.